The van der Waals surface area contributed by atoms with Crippen molar-refractivity contribution in [1.82, 2.24) is 0 Å². The van der Waals surface area contributed by atoms with Gasteiger partial charge < -0.3 is 5.32 Å². The molecule has 0 aromatic heterocycles. The second-order valence-corrected chi connectivity index (χ2v) is 6.97. The van der Waals surface area contributed by atoms with Crippen molar-refractivity contribution in [2.75, 3.05) is 11.1 Å². The maximum Gasteiger partial charge on any atom is 0.161 e. The van der Waals surface area contributed by atoms with Gasteiger partial charge in [0.1, 0.15) is 5.82 Å². The van der Waals surface area contributed by atoms with E-state index in [1.807, 2.05) is 6.07 Å². The number of amidine groups is 1. The van der Waals surface area contributed by atoms with E-state index in [0.29, 0.717) is 10.5 Å². The Hall–Kier alpha value is -0.550. The van der Waals surface area contributed by atoms with Gasteiger partial charge in [-0.1, -0.05) is 24.6 Å². The van der Waals surface area contributed by atoms with E-state index >= 15 is 0 Å². The molecule has 1 aromatic rings. The van der Waals surface area contributed by atoms with Crippen LogP contribution < -0.4 is 5.32 Å². The lowest BCUT2D eigenvalue weighted by atomic mass is 9.86. The Balaban J connectivity index is 1.72. The molecule has 1 saturated carbocycles. The molecular weight excluding hydrogens is 327 g/mol. The van der Waals surface area contributed by atoms with Gasteiger partial charge in [0.2, 0.25) is 0 Å². The number of fused-ring (bicyclic) bond motifs is 1. The monoisotopic (exact) mass is 342 g/mol. The summed E-state index contributed by atoms with van der Waals surface area (Å²) in [5.74, 6) is 1.63. The fraction of sp³-hybridized carbons (Fsp3) is 0.500. The Morgan fingerprint density at radius 2 is 2.16 bits per heavy atom. The number of anilines is 1. The molecule has 2 aliphatic rings. The Bertz CT molecular complexity index is 506. The molecule has 102 valence electrons. The van der Waals surface area contributed by atoms with E-state index in [2.05, 4.69) is 21.2 Å². The summed E-state index contributed by atoms with van der Waals surface area (Å²) in [4.78, 5) is 4.79. The first-order valence-corrected chi connectivity index (χ1v) is 8.43. The van der Waals surface area contributed by atoms with Crippen molar-refractivity contribution in [2.24, 2.45) is 10.9 Å². The third kappa shape index (κ3) is 3.14. The highest BCUT2D eigenvalue weighted by Gasteiger charge is 2.29. The number of nitrogens with zero attached hydrogens (tertiary/aromatic N) is 1. The molecule has 2 unspecified atom stereocenters. The van der Waals surface area contributed by atoms with E-state index in [9.17, 15) is 4.39 Å². The zero-order valence-corrected chi connectivity index (χ0v) is 12.9. The third-order valence-electron chi connectivity index (χ3n) is 3.76. The Labute approximate surface area is 125 Å². The summed E-state index contributed by atoms with van der Waals surface area (Å²) >= 11 is 4.92. The van der Waals surface area contributed by atoms with Gasteiger partial charge in [-0.25, -0.2) is 4.39 Å². The van der Waals surface area contributed by atoms with Gasteiger partial charge in [0, 0.05) is 11.4 Å². The van der Waals surface area contributed by atoms with E-state index in [0.717, 1.165) is 22.5 Å². The van der Waals surface area contributed by atoms with E-state index in [1.54, 1.807) is 17.8 Å². The largest absolute Gasteiger partial charge is 0.335 e. The maximum atomic E-state index is 13.5. The van der Waals surface area contributed by atoms with Crippen molar-refractivity contribution in [1.29, 1.82) is 0 Å². The minimum atomic E-state index is -0.248. The van der Waals surface area contributed by atoms with Gasteiger partial charge >= 0.3 is 0 Å². The van der Waals surface area contributed by atoms with Crippen molar-refractivity contribution in [3.8, 4) is 0 Å². The van der Waals surface area contributed by atoms with Crippen molar-refractivity contribution in [3.63, 3.8) is 0 Å². The fourth-order valence-electron chi connectivity index (χ4n) is 2.69. The highest BCUT2D eigenvalue weighted by atomic mass is 79.9. The van der Waals surface area contributed by atoms with Crippen molar-refractivity contribution < 1.29 is 4.39 Å². The number of halogens is 2. The first-order chi connectivity index (χ1) is 9.22. The van der Waals surface area contributed by atoms with Crippen LogP contribution in [0.3, 0.4) is 0 Å². The predicted octanol–water partition coefficient (Wildman–Crippen LogP) is 4.66. The predicted molar refractivity (Wildman–Crippen MR) is 83.4 cm³/mol. The molecule has 5 heteroatoms. The van der Waals surface area contributed by atoms with Crippen LogP contribution in [0.2, 0.25) is 0 Å². The van der Waals surface area contributed by atoms with E-state index < -0.39 is 0 Å². The lowest BCUT2D eigenvalue weighted by molar-refractivity contribution is 0.336. The van der Waals surface area contributed by atoms with Gasteiger partial charge in [0.05, 0.1) is 10.5 Å². The third-order valence-corrected chi connectivity index (χ3v) is 5.48. The molecule has 0 spiro atoms. The first kappa shape index (κ1) is 13.4. The Morgan fingerprint density at radius 1 is 1.32 bits per heavy atom. The Morgan fingerprint density at radius 3 is 3.00 bits per heavy atom. The molecule has 1 N–H and O–H groups in total. The standard InChI is InChI=1S/C14H16BrFN2S/c15-11-6-5-10(7-12(11)16)17-14-18-13-4-2-1-3-9(13)8-19-14/h5-7,9,13H,1-4,8H2,(H,17,18). The number of aliphatic imine (C=N–C) groups is 1. The fourth-order valence-corrected chi connectivity index (χ4v) is 4.10. The van der Waals surface area contributed by atoms with Crippen LogP contribution in [0.15, 0.2) is 27.7 Å². The summed E-state index contributed by atoms with van der Waals surface area (Å²) in [5.41, 5.74) is 0.765. The average molecular weight is 343 g/mol. The zero-order valence-electron chi connectivity index (χ0n) is 10.5. The molecule has 0 bridgehead atoms. The highest BCUT2D eigenvalue weighted by Crippen LogP contribution is 2.34. The summed E-state index contributed by atoms with van der Waals surface area (Å²) in [6, 6.07) is 5.55. The molecule has 1 aliphatic carbocycles. The SMILES string of the molecule is Fc1cc(NC2=NC3CCCCC3CS2)ccc1Br. The highest BCUT2D eigenvalue weighted by molar-refractivity contribution is 9.10. The van der Waals surface area contributed by atoms with Crippen molar-refractivity contribution in [3.05, 3.63) is 28.5 Å². The van der Waals surface area contributed by atoms with E-state index in [-0.39, 0.29) is 5.82 Å². The van der Waals surface area contributed by atoms with E-state index in [1.165, 1.54) is 31.7 Å². The van der Waals surface area contributed by atoms with Crippen LogP contribution in [0.4, 0.5) is 10.1 Å². The molecule has 0 amide bonds. The zero-order chi connectivity index (χ0) is 13.2. The summed E-state index contributed by atoms with van der Waals surface area (Å²) < 4.78 is 14.0. The van der Waals surface area contributed by atoms with E-state index in [4.69, 9.17) is 4.99 Å². The number of thioether (sulfide) groups is 1. The van der Waals surface area contributed by atoms with Gasteiger partial charge in [-0.3, -0.25) is 4.99 Å². The topological polar surface area (TPSA) is 24.4 Å². The van der Waals surface area contributed by atoms with Crippen LogP contribution >= 0.6 is 27.7 Å². The average Bonchev–Trinajstić information content (AvgIpc) is 2.43. The molecule has 0 saturated heterocycles. The van der Waals surface area contributed by atoms with Crippen LogP contribution in [-0.4, -0.2) is 17.0 Å². The summed E-state index contributed by atoms with van der Waals surface area (Å²) in [5, 5.41) is 4.17. The van der Waals surface area contributed by atoms with Crippen LogP contribution in [-0.2, 0) is 0 Å². The molecule has 0 radical (unpaired) electrons. The molecule has 2 atom stereocenters. The van der Waals surface area contributed by atoms with Gasteiger partial charge in [-0.05, 0) is 52.9 Å². The van der Waals surface area contributed by atoms with Gasteiger partial charge in [0.25, 0.3) is 0 Å². The normalized spacial score (nSPS) is 26.5. The number of benzene rings is 1. The minimum Gasteiger partial charge on any atom is -0.335 e. The molecule has 1 heterocycles. The van der Waals surface area contributed by atoms with Crippen LogP contribution in [0.1, 0.15) is 25.7 Å². The summed E-state index contributed by atoms with van der Waals surface area (Å²) in [7, 11) is 0. The van der Waals surface area contributed by atoms with Crippen LogP contribution in [0, 0.1) is 11.7 Å². The van der Waals surface area contributed by atoms with Crippen LogP contribution in [0.5, 0.6) is 0 Å². The second-order valence-electron chi connectivity index (χ2n) is 5.11. The Kier molecular flexibility index (Phi) is 4.12. The smallest absolute Gasteiger partial charge is 0.161 e. The first-order valence-electron chi connectivity index (χ1n) is 6.65. The minimum absolute atomic E-state index is 0.248. The lowest BCUT2D eigenvalue weighted by Crippen LogP contribution is -2.31. The number of hydrogen-bond donors (Lipinski definition) is 1. The number of hydrogen-bond acceptors (Lipinski definition) is 3. The molecule has 3 rings (SSSR count). The molecule has 1 aromatic carbocycles. The lowest BCUT2D eigenvalue weighted by Gasteiger charge is -2.32. The molecular formula is C14H16BrFN2S. The quantitative estimate of drug-likeness (QED) is 0.802. The molecule has 1 aliphatic heterocycles. The van der Waals surface area contributed by atoms with Gasteiger partial charge in [-0.15, -0.1) is 0 Å². The molecule has 19 heavy (non-hydrogen) atoms. The summed E-state index contributed by atoms with van der Waals surface area (Å²) in [6.45, 7) is 0. The van der Waals surface area contributed by atoms with Gasteiger partial charge in [0.15, 0.2) is 5.17 Å². The molecule has 2 nitrogen and oxygen atoms in total. The van der Waals surface area contributed by atoms with Gasteiger partial charge in [-0.2, -0.15) is 0 Å². The number of rotatable bonds is 1. The number of nitrogens with one attached hydrogen (secondary N) is 1. The second kappa shape index (κ2) is 5.83. The summed E-state index contributed by atoms with van der Waals surface area (Å²) in [6.07, 6.45) is 5.14. The molecule has 1 fully saturated rings. The maximum absolute atomic E-state index is 13.5. The van der Waals surface area contributed by atoms with Crippen molar-refractivity contribution >= 4 is 38.5 Å². The van der Waals surface area contributed by atoms with Crippen molar-refractivity contribution in [2.45, 2.75) is 31.7 Å². The van der Waals surface area contributed by atoms with Crippen LogP contribution in [0.25, 0.3) is 0 Å².